The van der Waals surface area contributed by atoms with Gasteiger partial charge in [-0.2, -0.15) is 5.10 Å². The molecule has 3 N–H and O–H groups in total. The van der Waals surface area contributed by atoms with Crippen LogP contribution in [0, 0.1) is 6.92 Å². The van der Waals surface area contributed by atoms with E-state index in [1.165, 1.54) is 16.2 Å². The van der Waals surface area contributed by atoms with Gasteiger partial charge in [-0.1, -0.05) is 0 Å². The Labute approximate surface area is 127 Å². The van der Waals surface area contributed by atoms with Crippen LogP contribution in [0.4, 0.5) is 5.13 Å². The SMILES string of the molecule is Cc1nc(C2CN(Cc3cnc(N)s3)CCO2)n[nH]1.Cl. The molecule has 1 aliphatic heterocycles. The standard InChI is InChI=1S/C11H16N6OS.ClH/c1-7-14-10(16-15-7)9-6-17(2-3-18-9)5-8-4-13-11(12)19-8;/h4,9H,2-3,5-6H2,1H3,(H2,12,13)(H,14,15,16);1H. The van der Waals surface area contributed by atoms with Crippen molar-refractivity contribution in [2.45, 2.75) is 19.6 Å². The maximum absolute atomic E-state index is 5.73. The van der Waals surface area contributed by atoms with E-state index in [9.17, 15) is 0 Å². The first-order valence-corrected chi connectivity index (χ1v) is 6.95. The minimum Gasteiger partial charge on any atom is -0.375 e. The topological polar surface area (TPSA) is 93.0 Å². The van der Waals surface area contributed by atoms with E-state index in [1.54, 1.807) is 0 Å². The first-order valence-electron chi connectivity index (χ1n) is 6.14. The summed E-state index contributed by atoms with van der Waals surface area (Å²) in [5.74, 6) is 1.54. The van der Waals surface area contributed by atoms with Crippen molar-refractivity contribution in [2.24, 2.45) is 0 Å². The molecule has 1 saturated heterocycles. The summed E-state index contributed by atoms with van der Waals surface area (Å²) in [7, 11) is 0. The molecule has 1 fully saturated rings. The zero-order chi connectivity index (χ0) is 13.2. The highest BCUT2D eigenvalue weighted by Crippen LogP contribution is 2.22. The average Bonchev–Trinajstić information content (AvgIpc) is 2.99. The molecule has 1 unspecified atom stereocenters. The minimum absolute atomic E-state index is 0. The molecule has 1 aliphatic rings. The van der Waals surface area contributed by atoms with Gasteiger partial charge in [0.25, 0.3) is 0 Å². The summed E-state index contributed by atoms with van der Waals surface area (Å²) in [4.78, 5) is 11.9. The number of aryl methyl sites for hydroxylation is 1. The van der Waals surface area contributed by atoms with Gasteiger partial charge in [0, 0.05) is 30.7 Å². The Kier molecular flexibility index (Phi) is 4.92. The number of H-pyrrole nitrogens is 1. The number of nitrogens with two attached hydrogens (primary N) is 1. The third-order valence-electron chi connectivity index (χ3n) is 3.00. The van der Waals surface area contributed by atoms with Crippen LogP contribution >= 0.6 is 23.7 Å². The Hall–Kier alpha value is -1.22. The Morgan fingerprint density at radius 3 is 3.10 bits per heavy atom. The van der Waals surface area contributed by atoms with Crippen LogP contribution in [-0.2, 0) is 11.3 Å². The zero-order valence-electron chi connectivity index (χ0n) is 11.1. The molecule has 2 aromatic rings. The largest absolute Gasteiger partial charge is 0.375 e. The van der Waals surface area contributed by atoms with Gasteiger partial charge in [-0.05, 0) is 6.92 Å². The van der Waals surface area contributed by atoms with Gasteiger partial charge in [-0.15, -0.1) is 23.7 Å². The summed E-state index contributed by atoms with van der Waals surface area (Å²) < 4.78 is 5.73. The summed E-state index contributed by atoms with van der Waals surface area (Å²) in [5, 5.41) is 7.63. The van der Waals surface area contributed by atoms with E-state index in [1.807, 2.05) is 13.1 Å². The van der Waals surface area contributed by atoms with Gasteiger partial charge in [-0.25, -0.2) is 9.97 Å². The second kappa shape index (κ2) is 6.49. The van der Waals surface area contributed by atoms with E-state index >= 15 is 0 Å². The summed E-state index contributed by atoms with van der Waals surface area (Å²) >= 11 is 1.53. The van der Waals surface area contributed by atoms with Gasteiger partial charge in [0.1, 0.15) is 11.9 Å². The van der Waals surface area contributed by atoms with Gasteiger partial charge in [0.05, 0.1) is 6.61 Å². The summed E-state index contributed by atoms with van der Waals surface area (Å²) in [6.07, 6.45) is 1.77. The van der Waals surface area contributed by atoms with Crippen molar-refractivity contribution in [2.75, 3.05) is 25.4 Å². The van der Waals surface area contributed by atoms with Crippen LogP contribution < -0.4 is 5.73 Å². The smallest absolute Gasteiger partial charge is 0.180 e. The normalized spacial score (nSPS) is 19.8. The number of ether oxygens (including phenoxy) is 1. The van der Waals surface area contributed by atoms with E-state index in [0.29, 0.717) is 11.7 Å². The van der Waals surface area contributed by atoms with Crippen LogP contribution in [0.15, 0.2) is 6.20 Å². The first-order chi connectivity index (χ1) is 9.20. The molecule has 110 valence electrons. The quantitative estimate of drug-likeness (QED) is 0.882. The Morgan fingerprint density at radius 2 is 2.45 bits per heavy atom. The third kappa shape index (κ3) is 3.45. The molecule has 0 amide bonds. The van der Waals surface area contributed by atoms with Crippen LogP contribution in [0.2, 0.25) is 0 Å². The monoisotopic (exact) mass is 316 g/mol. The van der Waals surface area contributed by atoms with E-state index in [2.05, 4.69) is 25.1 Å². The number of nitrogen functional groups attached to an aromatic ring is 1. The number of morpholine rings is 1. The number of aromatic amines is 1. The number of nitrogens with zero attached hydrogens (tertiary/aromatic N) is 4. The van der Waals surface area contributed by atoms with E-state index in [-0.39, 0.29) is 18.5 Å². The number of hydrogen-bond donors (Lipinski definition) is 2. The minimum atomic E-state index is -0.0658. The molecular weight excluding hydrogens is 300 g/mol. The zero-order valence-corrected chi connectivity index (χ0v) is 12.7. The van der Waals surface area contributed by atoms with E-state index < -0.39 is 0 Å². The van der Waals surface area contributed by atoms with Gasteiger partial charge in [0.2, 0.25) is 0 Å². The van der Waals surface area contributed by atoms with E-state index in [4.69, 9.17) is 10.5 Å². The third-order valence-corrected chi connectivity index (χ3v) is 3.82. The molecule has 0 spiro atoms. The van der Waals surface area contributed by atoms with Crippen LogP contribution in [0.3, 0.4) is 0 Å². The maximum Gasteiger partial charge on any atom is 0.180 e. The fourth-order valence-corrected chi connectivity index (χ4v) is 2.85. The van der Waals surface area contributed by atoms with Crippen LogP contribution in [-0.4, -0.2) is 44.8 Å². The van der Waals surface area contributed by atoms with Crippen molar-refractivity contribution in [3.05, 3.63) is 22.7 Å². The predicted octanol–water partition coefficient (Wildman–Crippen LogP) is 1.15. The van der Waals surface area contributed by atoms with Gasteiger partial charge in [-0.3, -0.25) is 10.00 Å². The molecule has 0 aromatic carbocycles. The highest BCUT2D eigenvalue weighted by Gasteiger charge is 2.25. The second-order valence-electron chi connectivity index (χ2n) is 4.54. The number of aromatic nitrogens is 4. The van der Waals surface area contributed by atoms with Crippen LogP contribution in [0.5, 0.6) is 0 Å². The lowest BCUT2D eigenvalue weighted by Gasteiger charge is -2.31. The number of nitrogens with one attached hydrogen (secondary N) is 1. The molecule has 0 bridgehead atoms. The molecule has 20 heavy (non-hydrogen) atoms. The molecular formula is C11H17ClN6OS. The molecule has 9 heteroatoms. The number of hydrogen-bond acceptors (Lipinski definition) is 7. The molecule has 3 rings (SSSR count). The molecule has 2 aromatic heterocycles. The number of halogens is 1. The molecule has 3 heterocycles. The average molecular weight is 317 g/mol. The highest BCUT2D eigenvalue weighted by atomic mass is 35.5. The lowest BCUT2D eigenvalue weighted by molar-refractivity contribution is -0.0367. The van der Waals surface area contributed by atoms with Crippen molar-refractivity contribution in [3.8, 4) is 0 Å². The lowest BCUT2D eigenvalue weighted by atomic mass is 10.2. The van der Waals surface area contributed by atoms with Crippen molar-refractivity contribution in [3.63, 3.8) is 0 Å². The fourth-order valence-electron chi connectivity index (χ4n) is 2.12. The Morgan fingerprint density at radius 1 is 1.60 bits per heavy atom. The van der Waals surface area contributed by atoms with Gasteiger partial charge >= 0.3 is 0 Å². The maximum atomic E-state index is 5.73. The van der Waals surface area contributed by atoms with E-state index in [0.717, 1.165) is 31.3 Å². The van der Waals surface area contributed by atoms with Crippen LogP contribution in [0.25, 0.3) is 0 Å². The fraction of sp³-hybridized carbons (Fsp3) is 0.545. The van der Waals surface area contributed by atoms with Gasteiger partial charge in [0.15, 0.2) is 11.0 Å². The summed E-state index contributed by atoms with van der Waals surface area (Å²) in [6, 6.07) is 0. The number of thiazole rings is 1. The van der Waals surface area contributed by atoms with Crippen molar-refractivity contribution in [1.82, 2.24) is 25.1 Å². The second-order valence-corrected chi connectivity index (χ2v) is 5.69. The molecule has 1 atom stereocenters. The van der Waals surface area contributed by atoms with Crippen molar-refractivity contribution >= 4 is 28.9 Å². The number of anilines is 1. The van der Waals surface area contributed by atoms with Crippen molar-refractivity contribution in [1.29, 1.82) is 0 Å². The van der Waals surface area contributed by atoms with Crippen LogP contribution in [0.1, 0.15) is 22.6 Å². The predicted molar refractivity (Wildman–Crippen MR) is 78.9 cm³/mol. The Balaban J connectivity index is 0.00000147. The first kappa shape index (κ1) is 15.2. The summed E-state index contributed by atoms with van der Waals surface area (Å²) in [5.41, 5.74) is 5.64. The molecule has 0 aliphatic carbocycles. The molecule has 0 saturated carbocycles. The molecule has 7 nitrogen and oxygen atoms in total. The number of rotatable bonds is 3. The Bertz CT molecular complexity index is 559. The van der Waals surface area contributed by atoms with Crippen molar-refractivity contribution < 1.29 is 4.74 Å². The van der Waals surface area contributed by atoms with Gasteiger partial charge < -0.3 is 10.5 Å². The highest BCUT2D eigenvalue weighted by molar-refractivity contribution is 7.15. The summed E-state index contributed by atoms with van der Waals surface area (Å²) in [6.45, 7) is 5.11. The molecule has 0 radical (unpaired) electrons. The lowest BCUT2D eigenvalue weighted by Crippen LogP contribution is -2.38.